The number of benzene rings is 1. The summed E-state index contributed by atoms with van der Waals surface area (Å²) in [7, 11) is 0. The zero-order valence-electron chi connectivity index (χ0n) is 17.1. The largest absolute Gasteiger partial charge is 0.459 e. The van der Waals surface area contributed by atoms with Crippen LogP contribution >= 0.6 is 11.6 Å². The number of halogens is 1. The van der Waals surface area contributed by atoms with Crippen LogP contribution in [-0.2, 0) is 16.1 Å². The van der Waals surface area contributed by atoms with Crippen LogP contribution in [0.2, 0.25) is 5.02 Å². The summed E-state index contributed by atoms with van der Waals surface area (Å²) >= 11 is 5.87. The van der Waals surface area contributed by atoms with E-state index in [-0.39, 0.29) is 30.0 Å². The number of hydrogen-bond donors (Lipinski definition) is 0. The molecule has 0 N–H and O–H groups in total. The first-order valence-electron chi connectivity index (χ1n) is 10.1. The normalized spacial score (nSPS) is 14.6. The Morgan fingerprint density at radius 3 is 2.55 bits per heavy atom. The topological polar surface area (TPSA) is 81.0 Å². The molecule has 0 unspecified atom stereocenters. The molecule has 1 aromatic carbocycles. The summed E-state index contributed by atoms with van der Waals surface area (Å²) in [5.41, 5.74) is 2.28. The second kappa shape index (κ2) is 8.89. The van der Waals surface area contributed by atoms with Crippen LogP contribution in [0, 0.1) is 12.8 Å². The molecular weight excluding hydrogens is 418 g/mol. The summed E-state index contributed by atoms with van der Waals surface area (Å²) in [6.45, 7) is 2.83. The highest BCUT2D eigenvalue weighted by Crippen LogP contribution is 2.21. The summed E-state index contributed by atoms with van der Waals surface area (Å²) in [5, 5.41) is 0.580. The zero-order chi connectivity index (χ0) is 22.0. The second-order valence-electron chi connectivity index (χ2n) is 7.70. The molecule has 0 bridgehead atoms. The Morgan fingerprint density at radius 2 is 1.84 bits per heavy atom. The molecule has 0 saturated carbocycles. The Kier molecular flexibility index (Phi) is 6.04. The third-order valence-electron chi connectivity index (χ3n) is 5.44. The van der Waals surface area contributed by atoms with Crippen LogP contribution in [0.1, 0.15) is 34.5 Å². The third kappa shape index (κ3) is 4.77. The van der Waals surface area contributed by atoms with Gasteiger partial charge in [0.15, 0.2) is 0 Å². The number of esters is 1. The highest BCUT2D eigenvalue weighted by Gasteiger charge is 2.29. The smallest absolute Gasteiger partial charge is 0.309 e. The van der Waals surface area contributed by atoms with Crippen molar-refractivity contribution in [2.45, 2.75) is 26.4 Å². The van der Waals surface area contributed by atoms with Gasteiger partial charge in [0, 0.05) is 35.9 Å². The van der Waals surface area contributed by atoms with E-state index in [1.165, 1.54) is 10.5 Å². The maximum Gasteiger partial charge on any atom is 0.309 e. The van der Waals surface area contributed by atoms with Gasteiger partial charge >= 0.3 is 5.97 Å². The van der Waals surface area contributed by atoms with Crippen LogP contribution in [0.5, 0.6) is 0 Å². The Hall–Kier alpha value is -3.19. The van der Waals surface area contributed by atoms with Crippen LogP contribution in [-0.4, -0.2) is 39.3 Å². The lowest BCUT2D eigenvalue weighted by Gasteiger charge is -2.31. The summed E-state index contributed by atoms with van der Waals surface area (Å²) < 4.78 is 6.88. The highest BCUT2D eigenvalue weighted by molar-refractivity contribution is 6.30. The van der Waals surface area contributed by atoms with E-state index in [0.717, 1.165) is 5.56 Å². The fourth-order valence-corrected chi connectivity index (χ4v) is 3.81. The quantitative estimate of drug-likeness (QED) is 0.583. The van der Waals surface area contributed by atoms with Gasteiger partial charge in [0.25, 0.3) is 11.5 Å². The van der Waals surface area contributed by atoms with Gasteiger partial charge in [0.05, 0.1) is 11.6 Å². The summed E-state index contributed by atoms with van der Waals surface area (Å²) in [6.07, 6.45) is 2.74. The molecule has 1 fully saturated rings. The maximum atomic E-state index is 12.6. The predicted molar refractivity (Wildman–Crippen MR) is 116 cm³/mol. The van der Waals surface area contributed by atoms with Gasteiger partial charge in [-0.3, -0.25) is 18.8 Å². The molecule has 8 heteroatoms. The van der Waals surface area contributed by atoms with E-state index < -0.39 is 0 Å². The number of aryl methyl sites for hydroxylation is 1. The molecule has 0 spiro atoms. The van der Waals surface area contributed by atoms with Crippen molar-refractivity contribution < 1.29 is 14.3 Å². The molecule has 0 aliphatic carbocycles. The average molecular weight is 440 g/mol. The molecule has 4 rings (SSSR count). The summed E-state index contributed by atoms with van der Waals surface area (Å²) in [4.78, 5) is 43.5. The Bertz CT molecular complexity index is 1180. The summed E-state index contributed by atoms with van der Waals surface area (Å²) in [5.74, 6) is -0.678. The molecule has 1 aliphatic rings. The van der Waals surface area contributed by atoms with E-state index in [1.54, 1.807) is 41.4 Å². The minimum absolute atomic E-state index is 0.0531. The fraction of sp³-hybridized carbons (Fsp3) is 0.304. The Balaban J connectivity index is 1.33. The van der Waals surface area contributed by atoms with Crippen molar-refractivity contribution in [3.63, 3.8) is 0 Å². The number of pyridine rings is 1. The molecule has 2 aromatic heterocycles. The average Bonchev–Trinajstić information content (AvgIpc) is 2.77. The van der Waals surface area contributed by atoms with Gasteiger partial charge in [-0.2, -0.15) is 0 Å². The maximum absolute atomic E-state index is 12.6. The second-order valence-corrected chi connectivity index (χ2v) is 8.14. The van der Waals surface area contributed by atoms with Crippen LogP contribution in [0.4, 0.5) is 0 Å². The van der Waals surface area contributed by atoms with Crippen molar-refractivity contribution >= 4 is 29.1 Å². The van der Waals surface area contributed by atoms with E-state index >= 15 is 0 Å². The van der Waals surface area contributed by atoms with E-state index in [1.807, 2.05) is 13.0 Å². The van der Waals surface area contributed by atoms with Crippen molar-refractivity contribution in [3.05, 3.63) is 80.9 Å². The lowest BCUT2D eigenvalue weighted by atomic mass is 9.96. The van der Waals surface area contributed by atoms with Gasteiger partial charge in [0.2, 0.25) is 0 Å². The van der Waals surface area contributed by atoms with Gasteiger partial charge in [-0.15, -0.1) is 0 Å². The van der Waals surface area contributed by atoms with Crippen LogP contribution < -0.4 is 5.56 Å². The minimum atomic E-state index is -0.329. The van der Waals surface area contributed by atoms with Gasteiger partial charge < -0.3 is 9.64 Å². The highest BCUT2D eigenvalue weighted by atomic mass is 35.5. The monoisotopic (exact) mass is 439 g/mol. The zero-order valence-corrected chi connectivity index (χ0v) is 17.8. The molecule has 1 aliphatic heterocycles. The number of rotatable bonds is 4. The third-order valence-corrected chi connectivity index (χ3v) is 5.70. The molecule has 1 amide bonds. The number of ether oxygens (including phenoxy) is 1. The molecule has 1 saturated heterocycles. The van der Waals surface area contributed by atoms with E-state index in [0.29, 0.717) is 47.9 Å². The first kappa shape index (κ1) is 21.1. The predicted octanol–water partition coefficient (Wildman–Crippen LogP) is 3.25. The molecule has 3 heterocycles. The standard InChI is InChI=1S/C23H22ClN3O4/c1-15-6-11-27-20(12-15)25-19(13-21(27)28)14-31-23(30)17-7-9-26(10-8-17)22(29)16-2-4-18(24)5-3-16/h2-6,11-13,17H,7-10,14H2,1H3. The number of nitrogens with zero attached hydrogens (tertiary/aromatic N) is 3. The number of carbonyl (C=O) groups excluding carboxylic acids is 2. The minimum Gasteiger partial charge on any atom is -0.459 e. The number of piperidine rings is 1. The van der Waals surface area contributed by atoms with E-state index in [9.17, 15) is 14.4 Å². The molecule has 31 heavy (non-hydrogen) atoms. The lowest BCUT2D eigenvalue weighted by Crippen LogP contribution is -2.40. The Morgan fingerprint density at radius 1 is 1.13 bits per heavy atom. The number of amides is 1. The van der Waals surface area contributed by atoms with Gasteiger partial charge in [-0.25, -0.2) is 4.98 Å². The van der Waals surface area contributed by atoms with Crippen molar-refractivity contribution in [3.8, 4) is 0 Å². The number of aromatic nitrogens is 2. The molecule has 0 radical (unpaired) electrons. The number of likely N-dealkylation sites (tertiary alicyclic amines) is 1. The van der Waals surface area contributed by atoms with E-state index in [4.69, 9.17) is 16.3 Å². The molecular formula is C23H22ClN3O4. The number of fused-ring (bicyclic) bond motifs is 1. The van der Waals surface area contributed by atoms with Crippen molar-refractivity contribution in [1.82, 2.24) is 14.3 Å². The number of carbonyl (C=O) groups is 2. The van der Waals surface area contributed by atoms with Gasteiger partial charge in [-0.05, 0) is 61.7 Å². The Labute approximate surface area is 184 Å². The van der Waals surface area contributed by atoms with E-state index in [2.05, 4.69) is 4.98 Å². The van der Waals surface area contributed by atoms with Crippen LogP contribution in [0.3, 0.4) is 0 Å². The van der Waals surface area contributed by atoms with Crippen LogP contribution in [0.25, 0.3) is 5.65 Å². The first-order chi connectivity index (χ1) is 14.9. The lowest BCUT2D eigenvalue weighted by molar-refractivity contribution is -0.151. The number of hydrogen-bond acceptors (Lipinski definition) is 5. The summed E-state index contributed by atoms with van der Waals surface area (Å²) in [6, 6.07) is 11.8. The fourth-order valence-electron chi connectivity index (χ4n) is 3.68. The molecule has 3 aromatic rings. The molecule has 0 atom stereocenters. The van der Waals surface area contributed by atoms with Crippen molar-refractivity contribution in [1.29, 1.82) is 0 Å². The van der Waals surface area contributed by atoms with Gasteiger partial charge in [-0.1, -0.05) is 11.6 Å². The van der Waals surface area contributed by atoms with Crippen molar-refractivity contribution in [2.24, 2.45) is 5.92 Å². The van der Waals surface area contributed by atoms with Gasteiger partial charge in [0.1, 0.15) is 12.3 Å². The molecule has 160 valence electrons. The van der Waals surface area contributed by atoms with Crippen molar-refractivity contribution in [2.75, 3.05) is 13.1 Å². The SMILES string of the molecule is Cc1ccn2c(=O)cc(COC(=O)C3CCN(C(=O)c4ccc(Cl)cc4)CC3)nc2c1. The van der Waals surface area contributed by atoms with Crippen LogP contribution in [0.15, 0.2) is 53.5 Å². The first-order valence-corrected chi connectivity index (χ1v) is 10.5. The molecule has 7 nitrogen and oxygen atoms in total.